The monoisotopic (exact) mass is 775 g/mol. The Bertz CT molecular complexity index is 3430. The molecule has 1 aliphatic carbocycles. The summed E-state index contributed by atoms with van der Waals surface area (Å²) in [5, 5.41) is 3.41. The minimum atomic E-state index is 0.190. The van der Waals surface area contributed by atoms with Crippen LogP contribution >= 0.6 is 11.3 Å². The molecule has 12 rings (SSSR count). The van der Waals surface area contributed by atoms with Gasteiger partial charge in [-0.1, -0.05) is 115 Å². The third-order valence-electron chi connectivity index (χ3n) is 11.4. The number of hydrogen-bond donors (Lipinski definition) is 0. The summed E-state index contributed by atoms with van der Waals surface area (Å²) in [5.41, 5.74) is 11.2. The van der Waals surface area contributed by atoms with E-state index in [9.17, 15) is 0 Å². The van der Waals surface area contributed by atoms with Gasteiger partial charge >= 0.3 is 0 Å². The van der Waals surface area contributed by atoms with Crippen LogP contribution in [0.1, 0.15) is 28.3 Å². The van der Waals surface area contributed by atoms with Crippen molar-refractivity contribution >= 4 is 60.5 Å². The van der Waals surface area contributed by atoms with Crippen molar-refractivity contribution in [2.45, 2.75) is 12.3 Å². The highest BCUT2D eigenvalue weighted by Crippen LogP contribution is 2.46. The number of nitrogens with zero attached hydrogens (tertiary/aromatic N) is 5. The number of imidazole rings is 1. The lowest BCUT2D eigenvalue weighted by Gasteiger charge is -2.20. The van der Waals surface area contributed by atoms with E-state index in [0.29, 0.717) is 17.5 Å². The summed E-state index contributed by atoms with van der Waals surface area (Å²) in [7, 11) is 0. The summed E-state index contributed by atoms with van der Waals surface area (Å²) < 4.78 is 9.80. The number of rotatable bonds is 6. The molecule has 0 amide bonds. The topological polar surface area (TPSA) is 69.6 Å². The predicted molar refractivity (Wildman–Crippen MR) is 241 cm³/mol. The van der Waals surface area contributed by atoms with E-state index >= 15 is 0 Å². The molecular formula is C52H33N5OS. The normalized spacial score (nSPS) is 13.8. The number of aromatic nitrogens is 5. The van der Waals surface area contributed by atoms with Crippen molar-refractivity contribution in [3.63, 3.8) is 0 Å². The van der Waals surface area contributed by atoms with Gasteiger partial charge in [0.15, 0.2) is 17.5 Å². The number of hydrogen-bond acceptors (Lipinski definition) is 6. The molecule has 0 fully saturated rings. The smallest absolute Gasteiger partial charge is 0.164 e. The van der Waals surface area contributed by atoms with Crippen LogP contribution in [0.4, 0.5) is 0 Å². The van der Waals surface area contributed by atoms with E-state index in [1.165, 1.54) is 26.1 Å². The Balaban J connectivity index is 0.945. The molecule has 4 aromatic heterocycles. The van der Waals surface area contributed by atoms with Gasteiger partial charge in [0, 0.05) is 59.6 Å². The molecule has 0 spiro atoms. The molecule has 1 atom stereocenters. The summed E-state index contributed by atoms with van der Waals surface area (Å²) in [4.78, 5) is 21.8. The highest BCUT2D eigenvalue weighted by atomic mass is 32.1. The third-order valence-corrected chi connectivity index (χ3v) is 12.7. The predicted octanol–water partition coefficient (Wildman–Crippen LogP) is 13.5. The first-order chi connectivity index (χ1) is 29.2. The van der Waals surface area contributed by atoms with Gasteiger partial charge in [0.05, 0.1) is 11.0 Å². The molecule has 6 nitrogen and oxygen atoms in total. The molecule has 7 aromatic carbocycles. The van der Waals surface area contributed by atoms with Gasteiger partial charge in [0.2, 0.25) is 0 Å². The Kier molecular flexibility index (Phi) is 7.74. The number of thiophene rings is 1. The average molecular weight is 776 g/mol. The largest absolute Gasteiger partial charge is 0.456 e. The third kappa shape index (κ3) is 5.69. The number of furan rings is 1. The SMILES string of the molecule is C1=Cc2c(sc3ccc(-c4nc5ccccc5n4-c4ccccc4)cc23)C(c2cccc(-c3nc(-c4ccccc4)nc(-c4ccc5c(c4)oc4ccccc45)n3)c2)C1. The van der Waals surface area contributed by atoms with Gasteiger partial charge in [-0.05, 0) is 84.3 Å². The van der Waals surface area contributed by atoms with E-state index in [2.05, 4.69) is 132 Å². The van der Waals surface area contributed by atoms with Gasteiger partial charge in [-0.25, -0.2) is 19.9 Å². The molecule has 7 heteroatoms. The number of benzene rings is 7. The van der Waals surface area contributed by atoms with Gasteiger partial charge in [-0.2, -0.15) is 0 Å². The van der Waals surface area contributed by atoms with Crippen LogP contribution in [0.25, 0.3) is 100 Å². The van der Waals surface area contributed by atoms with Gasteiger partial charge < -0.3 is 4.42 Å². The van der Waals surface area contributed by atoms with Gasteiger partial charge in [0.1, 0.15) is 17.0 Å². The molecule has 278 valence electrons. The molecule has 4 heterocycles. The first-order valence-corrected chi connectivity index (χ1v) is 20.6. The maximum absolute atomic E-state index is 6.26. The highest BCUT2D eigenvalue weighted by molar-refractivity contribution is 7.19. The zero-order chi connectivity index (χ0) is 38.9. The second kappa shape index (κ2) is 13.6. The van der Waals surface area contributed by atoms with E-state index < -0.39 is 0 Å². The molecular weight excluding hydrogens is 743 g/mol. The lowest BCUT2D eigenvalue weighted by molar-refractivity contribution is 0.669. The van der Waals surface area contributed by atoms with E-state index in [1.807, 2.05) is 65.9 Å². The molecule has 0 N–H and O–H groups in total. The summed E-state index contributed by atoms with van der Waals surface area (Å²) in [5.74, 6) is 2.99. The fraction of sp³-hybridized carbons (Fsp3) is 0.0385. The molecule has 59 heavy (non-hydrogen) atoms. The molecule has 0 radical (unpaired) electrons. The van der Waals surface area contributed by atoms with Crippen LogP contribution < -0.4 is 0 Å². The molecule has 0 saturated heterocycles. The van der Waals surface area contributed by atoms with Crippen LogP contribution in [0.5, 0.6) is 0 Å². The van der Waals surface area contributed by atoms with Crippen molar-refractivity contribution in [2.24, 2.45) is 0 Å². The van der Waals surface area contributed by atoms with Crippen LogP contribution in [-0.2, 0) is 0 Å². The van der Waals surface area contributed by atoms with Crippen molar-refractivity contribution in [1.29, 1.82) is 0 Å². The van der Waals surface area contributed by atoms with Crippen molar-refractivity contribution < 1.29 is 4.42 Å². The Morgan fingerprint density at radius 3 is 2.08 bits per heavy atom. The Labute approximate surface area is 343 Å². The summed E-state index contributed by atoms with van der Waals surface area (Å²) in [6, 6.07) is 58.9. The second-order valence-corrected chi connectivity index (χ2v) is 16.1. The fourth-order valence-electron chi connectivity index (χ4n) is 8.59. The van der Waals surface area contributed by atoms with Crippen molar-refractivity contribution in [2.75, 3.05) is 0 Å². The van der Waals surface area contributed by atoms with Gasteiger partial charge in [-0.3, -0.25) is 4.57 Å². The Morgan fingerprint density at radius 2 is 1.22 bits per heavy atom. The van der Waals surface area contributed by atoms with Crippen LogP contribution in [0.15, 0.2) is 180 Å². The van der Waals surface area contributed by atoms with Crippen LogP contribution in [0.3, 0.4) is 0 Å². The van der Waals surface area contributed by atoms with Crippen molar-refractivity contribution in [3.05, 3.63) is 192 Å². The standard InChI is InChI=1S/C52H33N5OS/c1-3-13-32(14-4-1)49-54-50(56-51(55-49)35-25-27-40-39-19-7-10-24-45(39)58-46(40)31-35)34-16-11-15-33(29-34)38-20-12-21-41-42-30-36(26-28-47(42)59-48(38)41)52-53-43-22-8-9-23-44(43)57(52)37-17-5-2-6-18-37/h1-19,21-31,38H,20H2. The first-order valence-electron chi connectivity index (χ1n) is 19.8. The van der Waals surface area contributed by atoms with E-state index in [-0.39, 0.29) is 5.92 Å². The van der Waals surface area contributed by atoms with E-state index in [0.717, 1.165) is 73.2 Å². The van der Waals surface area contributed by atoms with Crippen LogP contribution in [-0.4, -0.2) is 24.5 Å². The van der Waals surface area contributed by atoms with Gasteiger partial charge in [0.25, 0.3) is 0 Å². The lowest BCUT2D eigenvalue weighted by atomic mass is 9.86. The molecule has 11 aromatic rings. The number of para-hydroxylation sites is 4. The average Bonchev–Trinajstić information content (AvgIpc) is 4.00. The maximum Gasteiger partial charge on any atom is 0.164 e. The molecule has 1 unspecified atom stereocenters. The van der Waals surface area contributed by atoms with Gasteiger partial charge in [-0.15, -0.1) is 11.3 Å². The van der Waals surface area contributed by atoms with E-state index in [4.69, 9.17) is 24.4 Å². The molecule has 0 saturated carbocycles. The van der Waals surface area contributed by atoms with E-state index in [1.54, 1.807) is 0 Å². The van der Waals surface area contributed by atoms with Crippen molar-refractivity contribution in [1.82, 2.24) is 24.5 Å². The number of allylic oxidation sites excluding steroid dienone is 1. The molecule has 0 aliphatic heterocycles. The summed E-state index contributed by atoms with van der Waals surface area (Å²) in [6.45, 7) is 0. The zero-order valence-electron chi connectivity index (χ0n) is 31.7. The zero-order valence-corrected chi connectivity index (χ0v) is 32.5. The first kappa shape index (κ1) is 33.6. The number of fused-ring (bicyclic) bond motifs is 7. The minimum Gasteiger partial charge on any atom is -0.456 e. The summed E-state index contributed by atoms with van der Waals surface area (Å²) >= 11 is 1.89. The Hall–Kier alpha value is -7.48. The van der Waals surface area contributed by atoms with Crippen molar-refractivity contribution in [3.8, 4) is 51.2 Å². The van der Waals surface area contributed by atoms with Crippen LogP contribution in [0, 0.1) is 0 Å². The summed E-state index contributed by atoms with van der Waals surface area (Å²) in [6.07, 6.45) is 5.54. The molecule has 1 aliphatic rings. The van der Waals surface area contributed by atoms with Crippen LogP contribution in [0.2, 0.25) is 0 Å². The second-order valence-electron chi connectivity index (χ2n) is 15.0. The minimum absolute atomic E-state index is 0.190. The Morgan fingerprint density at radius 1 is 0.525 bits per heavy atom. The quantitative estimate of drug-likeness (QED) is 0.168. The highest BCUT2D eigenvalue weighted by Gasteiger charge is 2.25. The maximum atomic E-state index is 6.26. The lowest BCUT2D eigenvalue weighted by Crippen LogP contribution is -2.04. The fourth-order valence-corrected chi connectivity index (χ4v) is 9.90. The molecule has 0 bridgehead atoms.